The number of fused-ring (bicyclic) bond motifs is 1. The standard InChI is InChI=1S/C23H14FNOS/c24-19-12-15(14-26)6-8-18(19)22-25-20-9-7-17(13-21(20)27-22)23(10-11-23)16-4-2-1-3-5-16/h1-14H. The van der Waals surface area contributed by atoms with Gasteiger partial charge in [0.2, 0.25) is 0 Å². The molecular weight excluding hydrogens is 357 g/mol. The second-order valence-electron chi connectivity index (χ2n) is 6.63. The molecule has 0 aliphatic heterocycles. The third-order valence-corrected chi connectivity index (χ3v) is 6.03. The van der Waals surface area contributed by atoms with Gasteiger partial charge in [0.05, 0.1) is 15.6 Å². The minimum absolute atomic E-state index is 0.142. The quantitative estimate of drug-likeness (QED) is 0.337. The fourth-order valence-corrected chi connectivity index (χ4v) is 4.46. The van der Waals surface area contributed by atoms with Crippen LogP contribution in [-0.2, 0) is 5.41 Å². The van der Waals surface area contributed by atoms with Gasteiger partial charge in [-0.3, -0.25) is 4.79 Å². The van der Waals surface area contributed by atoms with Gasteiger partial charge < -0.3 is 0 Å². The van der Waals surface area contributed by atoms with E-state index in [1.165, 1.54) is 28.5 Å². The Kier molecular flexibility index (Phi) is 3.55. The van der Waals surface area contributed by atoms with Crippen LogP contribution in [0.1, 0.15) is 21.5 Å². The van der Waals surface area contributed by atoms with Crippen LogP contribution in [0.15, 0.2) is 78.9 Å². The van der Waals surface area contributed by atoms with Gasteiger partial charge in [0.15, 0.2) is 0 Å². The maximum absolute atomic E-state index is 14.3. The highest BCUT2D eigenvalue weighted by Gasteiger charge is 2.38. The number of carbonyl (C=O) groups is 1. The topological polar surface area (TPSA) is 30.0 Å². The number of aldehydes is 1. The van der Waals surface area contributed by atoms with Crippen LogP contribution >= 0.6 is 11.3 Å². The minimum Gasteiger partial charge on any atom is -0.298 e. The molecule has 0 spiro atoms. The Bertz CT molecular complexity index is 1200. The van der Waals surface area contributed by atoms with E-state index in [-0.39, 0.29) is 5.41 Å². The van der Waals surface area contributed by atoms with Crippen molar-refractivity contribution < 1.29 is 9.18 Å². The van der Waals surface area contributed by atoms with Crippen LogP contribution in [0.3, 0.4) is 0 Å². The Labute approximate surface area is 159 Å². The summed E-state index contributed by atoms with van der Waals surface area (Å²) in [7, 11) is 0. The van der Waals surface area contributed by atoms with E-state index in [4.69, 9.17) is 0 Å². The van der Waals surface area contributed by atoms with Crippen molar-refractivity contribution in [2.24, 2.45) is 0 Å². The number of allylic oxidation sites excluding steroid dienone is 2. The van der Waals surface area contributed by atoms with Gasteiger partial charge in [-0.25, -0.2) is 9.37 Å². The van der Waals surface area contributed by atoms with Gasteiger partial charge in [-0.15, -0.1) is 11.3 Å². The van der Waals surface area contributed by atoms with Crippen molar-refractivity contribution in [2.75, 3.05) is 0 Å². The molecule has 0 amide bonds. The number of nitrogens with zero attached hydrogens (tertiary/aromatic N) is 1. The molecule has 130 valence electrons. The number of rotatable bonds is 4. The van der Waals surface area contributed by atoms with E-state index in [0.717, 1.165) is 10.2 Å². The molecule has 0 saturated carbocycles. The predicted octanol–water partition coefficient (Wildman–Crippen LogP) is 5.77. The molecule has 1 aliphatic rings. The Morgan fingerprint density at radius 3 is 2.44 bits per heavy atom. The molecule has 0 N–H and O–H groups in total. The Balaban J connectivity index is 1.57. The van der Waals surface area contributed by atoms with Crippen LogP contribution in [0.4, 0.5) is 4.39 Å². The summed E-state index contributed by atoms with van der Waals surface area (Å²) in [4.78, 5) is 15.4. The van der Waals surface area contributed by atoms with E-state index >= 15 is 0 Å². The van der Waals surface area contributed by atoms with Crippen LogP contribution < -0.4 is 0 Å². The molecule has 1 aromatic heterocycles. The van der Waals surface area contributed by atoms with Crippen molar-refractivity contribution >= 4 is 27.8 Å². The molecule has 4 aromatic rings. The molecule has 0 bridgehead atoms. The van der Waals surface area contributed by atoms with Gasteiger partial charge in [0.25, 0.3) is 0 Å². The van der Waals surface area contributed by atoms with Crippen LogP contribution in [-0.4, -0.2) is 11.3 Å². The molecule has 1 aliphatic carbocycles. The van der Waals surface area contributed by atoms with Crippen molar-refractivity contribution in [1.29, 1.82) is 0 Å². The molecule has 2 nitrogen and oxygen atoms in total. The summed E-state index contributed by atoms with van der Waals surface area (Å²) in [5.41, 5.74) is 3.88. The summed E-state index contributed by atoms with van der Waals surface area (Å²) < 4.78 is 15.4. The van der Waals surface area contributed by atoms with E-state index in [9.17, 15) is 9.18 Å². The second kappa shape index (κ2) is 5.96. The lowest BCUT2D eigenvalue weighted by Gasteiger charge is -2.17. The first-order valence-electron chi connectivity index (χ1n) is 8.62. The van der Waals surface area contributed by atoms with E-state index in [2.05, 4.69) is 41.4 Å². The first-order chi connectivity index (χ1) is 13.2. The molecule has 0 saturated heterocycles. The van der Waals surface area contributed by atoms with Gasteiger partial charge in [-0.1, -0.05) is 54.6 Å². The number of hydrogen-bond donors (Lipinski definition) is 0. The summed E-state index contributed by atoms with van der Waals surface area (Å²) in [6.45, 7) is 0. The average Bonchev–Trinajstić information content (AvgIpc) is 3.41. The maximum Gasteiger partial charge on any atom is 0.150 e. The number of thiazole rings is 1. The number of benzene rings is 3. The number of carbonyl (C=O) groups excluding carboxylic acids is 1. The van der Waals surface area contributed by atoms with Gasteiger partial charge >= 0.3 is 0 Å². The van der Waals surface area contributed by atoms with Crippen LogP contribution in [0.2, 0.25) is 0 Å². The van der Waals surface area contributed by atoms with E-state index < -0.39 is 5.82 Å². The lowest BCUT2D eigenvalue weighted by molar-refractivity contribution is 0.112. The Morgan fingerprint density at radius 1 is 0.926 bits per heavy atom. The van der Waals surface area contributed by atoms with Crippen LogP contribution in [0.25, 0.3) is 20.8 Å². The van der Waals surface area contributed by atoms with Crippen molar-refractivity contribution in [2.45, 2.75) is 5.41 Å². The molecule has 0 fully saturated rings. The van der Waals surface area contributed by atoms with Gasteiger partial charge in [0, 0.05) is 11.1 Å². The van der Waals surface area contributed by atoms with Crippen molar-refractivity contribution in [3.8, 4) is 10.6 Å². The highest BCUT2D eigenvalue weighted by molar-refractivity contribution is 7.21. The molecule has 1 heterocycles. The summed E-state index contributed by atoms with van der Waals surface area (Å²) in [5, 5.41) is 0.620. The Hall–Kier alpha value is -3.11. The first kappa shape index (κ1) is 16.1. The third-order valence-electron chi connectivity index (χ3n) is 4.98. The second-order valence-corrected chi connectivity index (χ2v) is 7.66. The van der Waals surface area contributed by atoms with Gasteiger partial charge in [-0.05, 0) is 35.4 Å². The monoisotopic (exact) mass is 371 g/mol. The van der Waals surface area contributed by atoms with E-state index in [0.29, 0.717) is 22.4 Å². The molecule has 5 rings (SSSR count). The number of hydrogen-bond acceptors (Lipinski definition) is 3. The zero-order valence-electron chi connectivity index (χ0n) is 14.2. The third kappa shape index (κ3) is 2.61. The highest BCUT2D eigenvalue weighted by atomic mass is 32.1. The maximum atomic E-state index is 14.3. The van der Waals surface area contributed by atoms with Crippen molar-refractivity contribution in [3.05, 3.63) is 101 Å². The molecular formula is C23H14FNOS. The first-order valence-corrected chi connectivity index (χ1v) is 9.43. The SMILES string of the molecule is O=Cc1ccc(-c2nc3ccc(C4(c5ccccc5)C=C4)cc3s2)c(F)c1. The summed E-state index contributed by atoms with van der Waals surface area (Å²) >= 11 is 1.46. The smallest absolute Gasteiger partial charge is 0.150 e. The fraction of sp³-hybridized carbons (Fsp3) is 0.0435. The van der Waals surface area contributed by atoms with E-state index in [1.54, 1.807) is 12.1 Å². The van der Waals surface area contributed by atoms with Gasteiger partial charge in [0.1, 0.15) is 17.1 Å². The summed E-state index contributed by atoms with van der Waals surface area (Å²) in [6.07, 6.45) is 5.04. The molecule has 0 atom stereocenters. The normalized spacial score (nSPS) is 14.4. The largest absolute Gasteiger partial charge is 0.298 e. The number of halogens is 1. The average molecular weight is 371 g/mol. The zero-order chi connectivity index (χ0) is 18.4. The van der Waals surface area contributed by atoms with Crippen LogP contribution in [0, 0.1) is 5.82 Å². The summed E-state index contributed by atoms with van der Waals surface area (Å²) in [6, 6.07) is 21.1. The van der Waals surface area contributed by atoms with Gasteiger partial charge in [-0.2, -0.15) is 0 Å². The zero-order valence-corrected chi connectivity index (χ0v) is 15.0. The predicted molar refractivity (Wildman–Crippen MR) is 107 cm³/mol. The summed E-state index contributed by atoms with van der Waals surface area (Å²) in [5.74, 6) is -0.427. The molecule has 4 heteroatoms. The van der Waals surface area contributed by atoms with Crippen LogP contribution in [0.5, 0.6) is 0 Å². The molecule has 0 unspecified atom stereocenters. The van der Waals surface area contributed by atoms with Crippen molar-refractivity contribution in [1.82, 2.24) is 4.98 Å². The van der Waals surface area contributed by atoms with E-state index in [1.807, 2.05) is 24.3 Å². The molecule has 3 aromatic carbocycles. The fourth-order valence-electron chi connectivity index (χ4n) is 3.42. The minimum atomic E-state index is -0.427. The lowest BCUT2D eigenvalue weighted by atomic mass is 9.86. The number of aromatic nitrogens is 1. The molecule has 0 radical (unpaired) electrons. The molecule has 27 heavy (non-hydrogen) atoms. The lowest BCUT2D eigenvalue weighted by Crippen LogP contribution is -2.10. The Morgan fingerprint density at radius 2 is 1.74 bits per heavy atom. The highest BCUT2D eigenvalue weighted by Crippen LogP contribution is 2.46. The van der Waals surface area contributed by atoms with Crippen molar-refractivity contribution in [3.63, 3.8) is 0 Å².